The number of para-hydroxylation sites is 1. The molecule has 5 rings (SSSR count). The third kappa shape index (κ3) is 3.94. The number of aryl methyl sites for hydroxylation is 1. The molecule has 150 valence electrons. The van der Waals surface area contributed by atoms with Gasteiger partial charge in [0.15, 0.2) is 0 Å². The number of ether oxygens (including phenoxy) is 1. The summed E-state index contributed by atoms with van der Waals surface area (Å²) in [5.41, 5.74) is 7.32. The molecule has 0 saturated carbocycles. The minimum absolute atomic E-state index is 0.685. The van der Waals surface area contributed by atoms with Crippen LogP contribution in [0.3, 0.4) is 0 Å². The van der Waals surface area contributed by atoms with Gasteiger partial charge in [-0.15, -0.1) is 0 Å². The Kier molecular flexibility index (Phi) is 5.20. The Morgan fingerprint density at radius 1 is 0.900 bits per heavy atom. The number of hydrogen-bond donors (Lipinski definition) is 0. The average molecular weight is 395 g/mol. The Hall–Kier alpha value is -3.17. The maximum atomic E-state index is 6.01. The van der Waals surface area contributed by atoms with Crippen LogP contribution in [0.4, 0.5) is 0 Å². The Morgan fingerprint density at radius 3 is 2.53 bits per heavy atom. The second-order valence-electron chi connectivity index (χ2n) is 8.04. The summed E-state index contributed by atoms with van der Waals surface area (Å²) in [6.45, 7) is 5.61. The van der Waals surface area contributed by atoms with E-state index in [2.05, 4.69) is 90.7 Å². The Morgan fingerprint density at radius 2 is 1.70 bits per heavy atom. The molecule has 1 aromatic heterocycles. The summed E-state index contributed by atoms with van der Waals surface area (Å²) < 4.78 is 6.01. The summed E-state index contributed by atoms with van der Waals surface area (Å²) in [6.07, 6.45) is 1.03. The van der Waals surface area contributed by atoms with Crippen molar-refractivity contribution in [1.29, 1.82) is 0 Å². The van der Waals surface area contributed by atoms with Gasteiger partial charge in [-0.2, -0.15) is 0 Å². The van der Waals surface area contributed by atoms with E-state index in [1.165, 1.54) is 33.2 Å². The lowest BCUT2D eigenvalue weighted by atomic mass is 10.0. The number of pyridine rings is 1. The van der Waals surface area contributed by atoms with Crippen molar-refractivity contribution >= 4 is 10.9 Å². The van der Waals surface area contributed by atoms with Crippen LogP contribution >= 0.6 is 0 Å². The van der Waals surface area contributed by atoms with Crippen LogP contribution in [0.2, 0.25) is 0 Å². The van der Waals surface area contributed by atoms with E-state index in [1.54, 1.807) is 0 Å². The maximum Gasteiger partial charge on any atom is 0.218 e. The molecule has 2 heterocycles. The van der Waals surface area contributed by atoms with E-state index in [4.69, 9.17) is 9.72 Å². The van der Waals surface area contributed by atoms with E-state index in [0.29, 0.717) is 6.61 Å². The minimum atomic E-state index is 0.685. The van der Waals surface area contributed by atoms with Gasteiger partial charge in [-0.25, -0.2) is 4.98 Å². The summed E-state index contributed by atoms with van der Waals surface area (Å²) in [7, 11) is 0. The van der Waals surface area contributed by atoms with Gasteiger partial charge >= 0.3 is 0 Å². The second-order valence-corrected chi connectivity index (χ2v) is 8.04. The molecule has 0 spiro atoms. The quantitative estimate of drug-likeness (QED) is 0.447. The largest absolute Gasteiger partial charge is 0.476 e. The molecule has 0 unspecified atom stereocenters. The maximum absolute atomic E-state index is 6.01. The highest BCUT2D eigenvalue weighted by Crippen LogP contribution is 2.27. The lowest BCUT2D eigenvalue weighted by Gasteiger charge is -2.19. The topological polar surface area (TPSA) is 25.4 Å². The fraction of sp³-hybridized carbons (Fsp3) is 0.222. The smallest absolute Gasteiger partial charge is 0.218 e. The summed E-state index contributed by atoms with van der Waals surface area (Å²) >= 11 is 0. The SMILES string of the molecule is Cc1cccc2cc3c(nc12)OCCN(CCc1ccc(-c2ccccc2)cc1)C3. The molecule has 1 aliphatic heterocycles. The van der Waals surface area contributed by atoms with E-state index in [9.17, 15) is 0 Å². The molecule has 3 nitrogen and oxygen atoms in total. The normalized spacial score (nSPS) is 14.2. The Balaban J connectivity index is 1.28. The summed E-state index contributed by atoms with van der Waals surface area (Å²) in [5.74, 6) is 0.798. The zero-order valence-electron chi connectivity index (χ0n) is 17.3. The fourth-order valence-electron chi connectivity index (χ4n) is 4.18. The van der Waals surface area contributed by atoms with Gasteiger partial charge in [-0.1, -0.05) is 72.8 Å². The summed E-state index contributed by atoms with van der Waals surface area (Å²) in [4.78, 5) is 7.29. The molecule has 0 atom stereocenters. The lowest BCUT2D eigenvalue weighted by Crippen LogP contribution is -2.27. The van der Waals surface area contributed by atoms with Gasteiger partial charge in [-0.05, 0) is 41.7 Å². The highest BCUT2D eigenvalue weighted by atomic mass is 16.5. The Bertz CT molecular complexity index is 1150. The van der Waals surface area contributed by atoms with Crippen molar-refractivity contribution in [2.24, 2.45) is 0 Å². The zero-order valence-corrected chi connectivity index (χ0v) is 17.3. The first-order valence-corrected chi connectivity index (χ1v) is 10.6. The number of benzene rings is 3. The molecule has 4 aromatic rings. The number of aromatic nitrogens is 1. The van der Waals surface area contributed by atoms with E-state index in [0.717, 1.165) is 37.5 Å². The van der Waals surface area contributed by atoms with Crippen LogP contribution in [0.25, 0.3) is 22.0 Å². The van der Waals surface area contributed by atoms with Crippen LogP contribution in [0.5, 0.6) is 5.88 Å². The monoisotopic (exact) mass is 394 g/mol. The predicted octanol–water partition coefficient (Wildman–Crippen LogP) is 5.65. The van der Waals surface area contributed by atoms with Crippen molar-refractivity contribution in [2.75, 3.05) is 19.7 Å². The van der Waals surface area contributed by atoms with Gasteiger partial charge < -0.3 is 4.74 Å². The van der Waals surface area contributed by atoms with Crippen LogP contribution in [0, 0.1) is 6.92 Å². The molecule has 0 amide bonds. The fourth-order valence-corrected chi connectivity index (χ4v) is 4.18. The standard InChI is InChI=1S/C27H26N2O/c1-20-6-5-9-24-18-25-19-29(16-17-30-27(25)28-26(20)24)15-14-21-10-12-23(13-11-21)22-7-3-2-4-8-22/h2-13,18H,14-17,19H2,1H3. The molecule has 0 N–H and O–H groups in total. The Labute approximate surface area is 178 Å². The lowest BCUT2D eigenvalue weighted by molar-refractivity contribution is 0.225. The molecule has 0 fully saturated rings. The van der Waals surface area contributed by atoms with Crippen molar-refractivity contribution in [3.63, 3.8) is 0 Å². The first kappa shape index (κ1) is 18.8. The van der Waals surface area contributed by atoms with Crippen LogP contribution in [-0.4, -0.2) is 29.6 Å². The molecule has 0 saturated heterocycles. The van der Waals surface area contributed by atoms with Gasteiger partial charge in [0.2, 0.25) is 5.88 Å². The number of rotatable bonds is 4. The first-order valence-electron chi connectivity index (χ1n) is 10.6. The molecule has 3 heteroatoms. The van der Waals surface area contributed by atoms with Crippen molar-refractivity contribution in [1.82, 2.24) is 9.88 Å². The average Bonchev–Trinajstić information content (AvgIpc) is 2.99. The van der Waals surface area contributed by atoms with E-state index in [1.807, 2.05) is 0 Å². The molecule has 3 aromatic carbocycles. The van der Waals surface area contributed by atoms with Gasteiger partial charge in [0.1, 0.15) is 6.61 Å². The first-order chi connectivity index (χ1) is 14.8. The molecular weight excluding hydrogens is 368 g/mol. The zero-order chi connectivity index (χ0) is 20.3. The van der Waals surface area contributed by atoms with Crippen molar-refractivity contribution < 1.29 is 4.74 Å². The van der Waals surface area contributed by atoms with E-state index in [-0.39, 0.29) is 0 Å². The summed E-state index contributed by atoms with van der Waals surface area (Å²) in [6, 6.07) is 28.1. The molecule has 0 aliphatic carbocycles. The van der Waals surface area contributed by atoms with Crippen LogP contribution < -0.4 is 4.74 Å². The molecule has 0 bridgehead atoms. The van der Waals surface area contributed by atoms with E-state index < -0.39 is 0 Å². The summed E-state index contributed by atoms with van der Waals surface area (Å²) in [5, 5.41) is 1.19. The van der Waals surface area contributed by atoms with Gasteiger partial charge in [-0.3, -0.25) is 4.90 Å². The third-order valence-corrected chi connectivity index (χ3v) is 5.90. The van der Waals surface area contributed by atoms with Crippen molar-refractivity contribution in [3.05, 3.63) is 95.6 Å². The number of fused-ring (bicyclic) bond motifs is 2. The van der Waals surface area contributed by atoms with Crippen LogP contribution in [0.1, 0.15) is 16.7 Å². The second kappa shape index (κ2) is 8.29. The highest BCUT2D eigenvalue weighted by Gasteiger charge is 2.17. The van der Waals surface area contributed by atoms with Gasteiger partial charge in [0.05, 0.1) is 5.52 Å². The molecule has 0 radical (unpaired) electrons. The van der Waals surface area contributed by atoms with Crippen molar-refractivity contribution in [3.8, 4) is 17.0 Å². The minimum Gasteiger partial charge on any atom is -0.476 e. The predicted molar refractivity (Wildman–Crippen MR) is 123 cm³/mol. The molecule has 30 heavy (non-hydrogen) atoms. The number of hydrogen-bond acceptors (Lipinski definition) is 3. The highest BCUT2D eigenvalue weighted by molar-refractivity contribution is 5.83. The van der Waals surface area contributed by atoms with Crippen molar-refractivity contribution in [2.45, 2.75) is 19.9 Å². The van der Waals surface area contributed by atoms with Gasteiger partial charge in [0.25, 0.3) is 0 Å². The molecular formula is C27H26N2O. The van der Waals surface area contributed by atoms with E-state index >= 15 is 0 Å². The number of nitrogens with zero attached hydrogens (tertiary/aromatic N) is 2. The molecule has 1 aliphatic rings. The third-order valence-electron chi connectivity index (χ3n) is 5.90. The van der Waals surface area contributed by atoms with Crippen LogP contribution in [0.15, 0.2) is 78.9 Å². The van der Waals surface area contributed by atoms with Crippen LogP contribution in [-0.2, 0) is 13.0 Å². The van der Waals surface area contributed by atoms with Gasteiger partial charge in [0, 0.05) is 30.6 Å².